The molecule has 1 aromatic carbocycles. The number of thioether (sulfide) groups is 1. The first kappa shape index (κ1) is 12.6. The van der Waals surface area contributed by atoms with Crippen LogP contribution in [0.25, 0.3) is 6.08 Å². The van der Waals surface area contributed by atoms with Crippen LogP contribution in [-0.2, 0) is 4.79 Å². The van der Waals surface area contributed by atoms with Crippen LogP contribution in [0.2, 0.25) is 0 Å². The number of nitrogens with two attached hydrogens (primary N) is 1. The lowest BCUT2D eigenvalue weighted by molar-refractivity contribution is -0.113. The molecule has 0 bridgehead atoms. The monoisotopic (exact) mass is 270 g/mol. The molecule has 0 saturated heterocycles. The summed E-state index contributed by atoms with van der Waals surface area (Å²) in [4.78, 5) is 15.2. The Balaban J connectivity index is 2.29. The molecule has 0 fully saturated rings. The molecule has 1 aliphatic heterocycles. The molecule has 94 valence electrons. The van der Waals surface area contributed by atoms with Crippen molar-refractivity contribution in [3.05, 3.63) is 34.7 Å². The zero-order valence-electron chi connectivity index (χ0n) is 8.97. The van der Waals surface area contributed by atoms with E-state index in [0.717, 1.165) is 11.8 Å². The maximum Gasteiger partial charge on any atom is 0.387 e. The van der Waals surface area contributed by atoms with Crippen molar-refractivity contribution in [2.45, 2.75) is 6.61 Å². The fourth-order valence-corrected chi connectivity index (χ4v) is 2.04. The van der Waals surface area contributed by atoms with Gasteiger partial charge in [0.25, 0.3) is 5.91 Å². The second-order valence-electron chi connectivity index (χ2n) is 3.28. The average molecular weight is 270 g/mol. The van der Waals surface area contributed by atoms with E-state index >= 15 is 0 Å². The van der Waals surface area contributed by atoms with Crippen molar-refractivity contribution in [1.29, 1.82) is 0 Å². The van der Waals surface area contributed by atoms with Crippen LogP contribution >= 0.6 is 11.8 Å². The predicted molar refractivity (Wildman–Crippen MR) is 65.3 cm³/mol. The smallest absolute Gasteiger partial charge is 0.387 e. The molecule has 2 rings (SSSR count). The lowest BCUT2D eigenvalue weighted by Gasteiger charge is -2.07. The number of nitrogens with zero attached hydrogens (tertiary/aromatic N) is 1. The van der Waals surface area contributed by atoms with E-state index < -0.39 is 12.5 Å². The number of carbonyl (C=O) groups is 1. The first-order valence-corrected chi connectivity index (χ1v) is 5.70. The van der Waals surface area contributed by atoms with E-state index in [0.29, 0.717) is 5.56 Å². The molecule has 18 heavy (non-hydrogen) atoms. The maximum atomic E-state index is 12.2. The number of aliphatic imine (C=N–C) groups is 1. The van der Waals surface area contributed by atoms with Crippen molar-refractivity contribution < 1.29 is 18.3 Å². The summed E-state index contributed by atoms with van der Waals surface area (Å²) in [5.74, 6) is -0.483. The highest BCUT2D eigenvalue weighted by Gasteiger charge is 2.20. The fourth-order valence-electron chi connectivity index (χ4n) is 1.37. The van der Waals surface area contributed by atoms with Crippen LogP contribution in [0.3, 0.4) is 0 Å². The number of amidine groups is 1. The van der Waals surface area contributed by atoms with Crippen molar-refractivity contribution in [2.75, 3.05) is 0 Å². The van der Waals surface area contributed by atoms with Crippen molar-refractivity contribution in [1.82, 2.24) is 0 Å². The second kappa shape index (κ2) is 5.18. The molecule has 2 N–H and O–H groups in total. The van der Waals surface area contributed by atoms with Crippen LogP contribution in [0.1, 0.15) is 5.56 Å². The second-order valence-corrected chi connectivity index (χ2v) is 4.34. The Kier molecular flexibility index (Phi) is 3.61. The van der Waals surface area contributed by atoms with E-state index in [-0.39, 0.29) is 15.8 Å². The van der Waals surface area contributed by atoms with Gasteiger partial charge in [-0.15, -0.1) is 0 Å². The van der Waals surface area contributed by atoms with Gasteiger partial charge < -0.3 is 10.5 Å². The van der Waals surface area contributed by atoms with Gasteiger partial charge in [0, 0.05) is 5.56 Å². The number of carbonyl (C=O) groups excluding carboxylic acids is 1. The van der Waals surface area contributed by atoms with E-state index in [1.807, 2.05) is 0 Å². The molecule has 1 heterocycles. The van der Waals surface area contributed by atoms with Crippen molar-refractivity contribution in [3.8, 4) is 5.75 Å². The number of amides is 1. The van der Waals surface area contributed by atoms with Gasteiger partial charge >= 0.3 is 6.61 Å². The zero-order chi connectivity index (χ0) is 13.1. The molecule has 1 aliphatic rings. The van der Waals surface area contributed by atoms with E-state index in [1.54, 1.807) is 18.2 Å². The number of benzene rings is 1. The molecule has 1 amide bonds. The summed E-state index contributed by atoms with van der Waals surface area (Å²) >= 11 is 0.992. The lowest BCUT2D eigenvalue weighted by atomic mass is 10.2. The predicted octanol–water partition coefficient (Wildman–Crippen LogP) is 2.22. The minimum absolute atomic E-state index is 0.00104. The molecule has 0 spiro atoms. The largest absolute Gasteiger partial charge is 0.434 e. The van der Waals surface area contributed by atoms with Crippen LogP contribution < -0.4 is 10.5 Å². The van der Waals surface area contributed by atoms with Gasteiger partial charge in [0.1, 0.15) is 5.75 Å². The highest BCUT2D eigenvalue weighted by molar-refractivity contribution is 8.18. The first-order chi connectivity index (χ1) is 8.56. The van der Waals surface area contributed by atoms with E-state index in [9.17, 15) is 13.6 Å². The van der Waals surface area contributed by atoms with Crippen LogP contribution in [-0.4, -0.2) is 17.7 Å². The summed E-state index contributed by atoms with van der Waals surface area (Å²) in [6.45, 7) is -2.92. The fraction of sp³-hybridized carbons (Fsp3) is 0.0909. The van der Waals surface area contributed by atoms with Gasteiger partial charge in [0.15, 0.2) is 5.17 Å². The van der Waals surface area contributed by atoms with Crippen LogP contribution in [0.5, 0.6) is 5.75 Å². The number of hydrogen-bond acceptors (Lipinski definition) is 4. The highest BCUT2D eigenvalue weighted by Crippen LogP contribution is 2.30. The number of alkyl halides is 2. The van der Waals surface area contributed by atoms with Crippen molar-refractivity contribution >= 4 is 28.9 Å². The van der Waals surface area contributed by atoms with E-state index in [2.05, 4.69) is 9.73 Å². The average Bonchev–Trinajstić information content (AvgIpc) is 2.59. The van der Waals surface area contributed by atoms with Crippen LogP contribution in [0.4, 0.5) is 8.78 Å². The lowest BCUT2D eigenvalue weighted by Crippen LogP contribution is -2.03. The van der Waals surface area contributed by atoms with E-state index in [4.69, 9.17) is 5.73 Å². The third kappa shape index (κ3) is 2.86. The Morgan fingerprint density at radius 3 is 2.72 bits per heavy atom. The van der Waals surface area contributed by atoms with Crippen LogP contribution in [0, 0.1) is 0 Å². The standard InChI is InChI=1S/C11H8F2N2O2S/c12-10(13)17-7-4-2-1-3-6(7)5-8-9(16)15-11(14)18-8/h1-5,10H,(H2,14,15,16)/b8-5+. The highest BCUT2D eigenvalue weighted by atomic mass is 32.2. The van der Waals surface area contributed by atoms with Crippen molar-refractivity contribution in [3.63, 3.8) is 0 Å². The molecule has 7 heteroatoms. The zero-order valence-corrected chi connectivity index (χ0v) is 9.79. The van der Waals surface area contributed by atoms with Gasteiger partial charge in [-0.1, -0.05) is 18.2 Å². The summed E-state index contributed by atoms with van der Waals surface area (Å²) in [5.41, 5.74) is 5.76. The number of ether oxygens (including phenoxy) is 1. The molecule has 0 saturated carbocycles. The quantitative estimate of drug-likeness (QED) is 0.855. The maximum absolute atomic E-state index is 12.2. The molecule has 0 aromatic heterocycles. The molecule has 0 radical (unpaired) electrons. The summed E-state index contributed by atoms with van der Waals surface area (Å²) in [6.07, 6.45) is 1.42. The summed E-state index contributed by atoms with van der Waals surface area (Å²) < 4.78 is 28.7. The summed E-state index contributed by atoms with van der Waals surface area (Å²) in [6, 6.07) is 6.17. The van der Waals surface area contributed by atoms with Crippen LogP contribution in [0.15, 0.2) is 34.2 Å². The Labute approximate surface area is 106 Å². The molecule has 1 aromatic rings. The molecule has 0 atom stereocenters. The van der Waals surface area contributed by atoms with Gasteiger partial charge in [-0.3, -0.25) is 4.79 Å². The minimum atomic E-state index is -2.92. The molecule has 0 aliphatic carbocycles. The molecular formula is C11H8F2N2O2S. The van der Waals surface area contributed by atoms with Gasteiger partial charge in [0.2, 0.25) is 0 Å². The molecule has 4 nitrogen and oxygen atoms in total. The SMILES string of the molecule is NC1=NC(=O)/C(=C\c2ccccc2OC(F)F)S1. The van der Waals surface area contributed by atoms with Gasteiger partial charge in [-0.25, -0.2) is 0 Å². The first-order valence-electron chi connectivity index (χ1n) is 4.88. The van der Waals surface area contributed by atoms with Gasteiger partial charge in [0.05, 0.1) is 4.91 Å². The normalized spacial score (nSPS) is 17.4. The van der Waals surface area contributed by atoms with Gasteiger partial charge in [-0.2, -0.15) is 13.8 Å². The number of rotatable bonds is 3. The van der Waals surface area contributed by atoms with E-state index in [1.165, 1.54) is 12.1 Å². The summed E-state index contributed by atoms with van der Waals surface area (Å²) in [5, 5.41) is 0.138. The molecular weight excluding hydrogens is 262 g/mol. The molecule has 0 unspecified atom stereocenters. The van der Waals surface area contributed by atoms with Gasteiger partial charge in [-0.05, 0) is 23.9 Å². The number of hydrogen-bond donors (Lipinski definition) is 1. The Bertz CT molecular complexity index is 544. The third-order valence-corrected chi connectivity index (χ3v) is 2.87. The summed E-state index contributed by atoms with van der Waals surface area (Å²) in [7, 11) is 0. The van der Waals surface area contributed by atoms with Crippen molar-refractivity contribution in [2.24, 2.45) is 10.7 Å². The number of halogens is 2. The third-order valence-electron chi connectivity index (χ3n) is 2.06. The Hall–Kier alpha value is -1.89. The minimum Gasteiger partial charge on any atom is -0.434 e. The Morgan fingerprint density at radius 1 is 1.39 bits per heavy atom. The Morgan fingerprint density at radius 2 is 2.11 bits per heavy atom. The number of para-hydroxylation sites is 1. The topological polar surface area (TPSA) is 64.7 Å².